The molecule has 5 heteroatoms. The van der Waals surface area contributed by atoms with E-state index in [0.29, 0.717) is 5.02 Å². The van der Waals surface area contributed by atoms with Gasteiger partial charge in [0, 0.05) is 29.3 Å². The molecule has 134 valence electrons. The largest absolute Gasteiger partial charge is 0.339 e. The molecule has 0 saturated carbocycles. The fourth-order valence-electron chi connectivity index (χ4n) is 3.27. The van der Waals surface area contributed by atoms with Crippen LogP contribution in [0, 0.1) is 13.8 Å². The Bertz CT molecular complexity index is 1160. The van der Waals surface area contributed by atoms with Gasteiger partial charge in [0.15, 0.2) is 0 Å². The Balaban J connectivity index is 2.01. The summed E-state index contributed by atoms with van der Waals surface area (Å²) in [6.07, 6.45) is 5.22. The van der Waals surface area contributed by atoms with Crippen molar-refractivity contribution in [3.05, 3.63) is 83.3 Å². The zero-order valence-electron chi connectivity index (χ0n) is 15.2. The first-order chi connectivity index (χ1) is 13.1. The molecule has 0 amide bonds. The number of fused-ring (bicyclic) bond motifs is 1. The molecule has 0 fully saturated rings. The van der Waals surface area contributed by atoms with Gasteiger partial charge in [0.25, 0.3) is 0 Å². The number of nitrogens with one attached hydrogen (secondary N) is 1. The molecule has 3 aromatic heterocycles. The van der Waals surface area contributed by atoms with Gasteiger partial charge < -0.3 is 5.32 Å². The predicted molar refractivity (Wildman–Crippen MR) is 113 cm³/mol. The van der Waals surface area contributed by atoms with E-state index < -0.39 is 0 Å². The number of rotatable bonds is 4. The Labute approximate surface area is 163 Å². The Kier molecular flexibility index (Phi) is 4.42. The lowest BCUT2D eigenvalue weighted by Gasteiger charge is -2.15. The first-order valence-corrected chi connectivity index (χ1v) is 9.05. The first kappa shape index (κ1) is 17.3. The summed E-state index contributed by atoms with van der Waals surface area (Å²) in [6.45, 7) is 8.08. The van der Waals surface area contributed by atoms with Crippen molar-refractivity contribution < 1.29 is 0 Å². The third-order valence-electron chi connectivity index (χ3n) is 4.63. The highest BCUT2D eigenvalue weighted by Gasteiger charge is 2.19. The van der Waals surface area contributed by atoms with Gasteiger partial charge in [-0.05, 0) is 43.2 Å². The molecule has 0 aliphatic carbocycles. The summed E-state index contributed by atoms with van der Waals surface area (Å²) in [5.41, 5.74) is 6.72. The van der Waals surface area contributed by atoms with E-state index in [4.69, 9.17) is 16.6 Å². The smallest absolute Gasteiger partial charge is 0.143 e. The van der Waals surface area contributed by atoms with Crippen LogP contribution in [0.15, 0.2) is 61.4 Å². The van der Waals surface area contributed by atoms with Gasteiger partial charge in [-0.2, -0.15) is 0 Å². The van der Waals surface area contributed by atoms with E-state index in [1.165, 1.54) is 0 Å². The van der Waals surface area contributed by atoms with Crippen LogP contribution in [0.25, 0.3) is 23.0 Å². The Hall–Kier alpha value is -3.11. The second kappa shape index (κ2) is 6.89. The van der Waals surface area contributed by atoms with Crippen molar-refractivity contribution in [3.63, 3.8) is 0 Å². The van der Waals surface area contributed by atoms with Gasteiger partial charge in [0.2, 0.25) is 0 Å². The fourth-order valence-corrected chi connectivity index (χ4v) is 3.48. The molecule has 0 radical (unpaired) electrons. The zero-order chi connectivity index (χ0) is 19.0. The number of nitrogens with zero attached hydrogens (tertiary/aromatic N) is 3. The number of aromatic nitrogens is 3. The van der Waals surface area contributed by atoms with Crippen LogP contribution in [-0.4, -0.2) is 14.4 Å². The monoisotopic (exact) mass is 374 g/mol. The number of aryl methyl sites for hydroxylation is 2. The van der Waals surface area contributed by atoms with Crippen molar-refractivity contribution in [2.45, 2.75) is 13.8 Å². The second-order valence-electron chi connectivity index (χ2n) is 6.39. The molecule has 0 unspecified atom stereocenters. The molecule has 1 aromatic carbocycles. The molecule has 4 aromatic rings. The first-order valence-electron chi connectivity index (χ1n) is 8.67. The van der Waals surface area contributed by atoms with Crippen LogP contribution in [-0.2, 0) is 0 Å². The van der Waals surface area contributed by atoms with E-state index in [2.05, 4.69) is 47.3 Å². The van der Waals surface area contributed by atoms with Gasteiger partial charge in [0.05, 0.1) is 5.02 Å². The van der Waals surface area contributed by atoms with Gasteiger partial charge in [-0.3, -0.25) is 9.38 Å². The minimum absolute atomic E-state index is 0.565. The number of para-hydroxylation sites is 1. The molecule has 0 saturated heterocycles. The van der Waals surface area contributed by atoms with Crippen LogP contribution in [0.1, 0.15) is 16.8 Å². The summed E-state index contributed by atoms with van der Waals surface area (Å²) in [5.74, 6) is 0.869. The normalized spacial score (nSPS) is 10.9. The summed E-state index contributed by atoms with van der Waals surface area (Å²) in [5, 5.41) is 4.17. The van der Waals surface area contributed by atoms with Crippen molar-refractivity contribution in [2.24, 2.45) is 0 Å². The van der Waals surface area contributed by atoms with Gasteiger partial charge in [-0.25, -0.2) is 4.98 Å². The molecular weight excluding hydrogens is 356 g/mol. The summed E-state index contributed by atoms with van der Waals surface area (Å²) in [7, 11) is 0. The number of imidazole rings is 1. The number of pyridine rings is 2. The fraction of sp³-hybridized carbons (Fsp3) is 0.0909. The lowest BCUT2D eigenvalue weighted by molar-refractivity contribution is 1.09. The molecule has 4 nitrogen and oxygen atoms in total. The maximum atomic E-state index is 6.44. The minimum Gasteiger partial charge on any atom is -0.339 e. The minimum atomic E-state index is 0.565. The topological polar surface area (TPSA) is 42.2 Å². The van der Waals surface area contributed by atoms with Crippen molar-refractivity contribution in [1.82, 2.24) is 14.4 Å². The van der Waals surface area contributed by atoms with Crippen LogP contribution in [0.5, 0.6) is 0 Å². The van der Waals surface area contributed by atoms with Crippen LogP contribution in [0.4, 0.5) is 11.5 Å². The molecule has 1 N–H and O–H groups in total. The van der Waals surface area contributed by atoms with E-state index in [0.717, 1.165) is 45.2 Å². The molecule has 0 aliphatic heterocycles. The standard InChI is InChI=1S/C22H19ClN4/c1-4-16-9-5-7-14(2)20(16)26-22-21(17-11-12-24-13-18(17)23)25-19-10-6-8-15(3)27(19)22/h4-13,26H,1H2,2-3H3. The van der Waals surface area contributed by atoms with E-state index in [9.17, 15) is 0 Å². The maximum absolute atomic E-state index is 6.44. The molecule has 4 rings (SSSR count). The van der Waals surface area contributed by atoms with E-state index in [-0.39, 0.29) is 0 Å². The van der Waals surface area contributed by atoms with Gasteiger partial charge in [-0.1, -0.05) is 48.5 Å². The molecule has 0 spiro atoms. The molecular formula is C22H19ClN4. The van der Waals surface area contributed by atoms with Crippen LogP contribution in [0.3, 0.4) is 0 Å². The quantitative estimate of drug-likeness (QED) is 0.472. The summed E-state index contributed by atoms with van der Waals surface area (Å²) >= 11 is 6.44. The van der Waals surface area contributed by atoms with Crippen LogP contribution >= 0.6 is 11.6 Å². The second-order valence-corrected chi connectivity index (χ2v) is 6.80. The SMILES string of the molecule is C=Cc1cccc(C)c1Nc1c(-c2ccncc2Cl)nc2cccc(C)n12. The highest BCUT2D eigenvalue weighted by Crippen LogP contribution is 2.36. The summed E-state index contributed by atoms with van der Waals surface area (Å²) < 4.78 is 2.10. The average molecular weight is 375 g/mol. The Morgan fingerprint density at radius 1 is 1.11 bits per heavy atom. The van der Waals surface area contributed by atoms with Gasteiger partial charge in [-0.15, -0.1) is 0 Å². The van der Waals surface area contributed by atoms with Crippen molar-refractivity contribution in [2.75, 3.05) is 5.32 Å². The Morgan fingerprint density at radius 3 is 2.70 bits per heavy atom. The van der Waals surface area contributed by atoms with Crippen molar-refractivity contribution in [1.29, 1.82) is 0 Å². The lowest BCUT2D eigenvalue weighted by Crippen LogP contribution is -2.02. The number of hydrogen-bond donors (Lipinski definition) is 1. The highest BCUT2D eigenvalue weighted by atomic mass is 35.5. The number of benzene rings is 1. The predicted octanol–water partition coefficient (Wildman–Crippen LogP) is 6.05. The number of anilines is 2. The molecule has 0 atom stereocenters. The molecule has 0 bridgehead atoms. The van der Waals surface area contributed by atoms with Gasteiger partial charge in [0.1, 0.15) is 17.2 Å². The third kappa shape index (κ3) is 2.98. The lowest BCUT2D eigenvalue weighted by atomic mass is 10.1. The third-order valence-corrected chi connectivity index (χ3v) is 4.94. The Morgan fingerprint density at radius 2 is 1.93 bits per heavy atom. The van der Waals surface area contributed by atoms with Crippen LogP contribution in [0.2, 0.25) is 5.02 Å². The van der Waals surface area contributed by atoms with E-state index in [1.54, 1.807) is 12.4 Å². The summed E-state index contributed by atoms with van der Waals surface area (Å²) in [4.78, 5) is 8.95. The van der Waals surface area contributed by atoms with Gasteiger partial charge >= 0.3 is 0 Å². The zero-order valence-corrected chi connectivity index (χ0v) is 16.0. The van der Waals surface area contributed by atoms with E-state index >= 15 is 0 Å². The van der Waals surface area contributed by atoms with Crippen molar-refractivity contribution >= 4 is 34.8 Å². The van der Waals surface area contributed by atoms with E-state index in [1.807, 2.05) is 36.4 Å². The van der Waals surface area contributed by atoms with Crippen LogP contribution < -0.4 is 5.32 Å². The summed E-state index contributed by atoms with van der Waals surface area (Å²) in [6, 6.07) is 14.1. The highest BCUT2D eigenvalue weighted by molar-refractivity contribution is 6.33. The molecule has 3 heterocycles. The molecule has 27 heavy (non-hydrogen) atoms. The van der Waals surface area contributed by atoms with Crippen molar-refractivity contribution in [3.8, 4) is 11.3 Å². The molecule has 0 aliphatic rings. The number of halogens is 1. The average Bonchev–Trinajstić information content (AvgIpc) is 3.03. The maximum Gasteiger partial charge on any atom is 0.143 e. The number of hydrogen-bond acceptors (Lipinski definition) is 3.